The molecule has 1 heterocycles. The van der Waals surface area contributed by atoms with Crippen LogP contribution in [-0.4, -0.2) is 49.3 Å². The van der Waals surface area contributed by atoms with Crippen molar-refractivity contribution in [2.24, 2.45) is 0 Å². The lowest BCUT2D eigenvalue weighted by Gasteiger charge is -2.25. The van der Waals surface area contributed by atoms with Crippen molar-refractivity contribution in [1.29, 1.82) is 0 Å². The molecule has 3 nitrogen and oxygen atoms in total. The first-order chi connectivity index (χ1) is 7.40. The average molecular weight is 139 g/mol. The minimum Gasteiger partial charge on any atom is -0.395 e. The van der Waals surface area contributed by atoms with Crippen LogP contribution in [0.2, 0.25) is 0 Å². The van der Waals surface area contributed by atoms with Crippen molar-refractivity contribution in [3.63, 3.8) is 0 Å². The molecule has 1 aliphatic rings. The fraction of sp³-hybridized carbons (Fsp3) is 1.00. The van der Waals surface area contributed by atoms with Gasteiger partial charge in [-0.2, -0.15) is 0 Å². The standard InChI is InChI=1S/C6H13NO2/c8-4-1-7-2-5-9-6-3-7/h8H,1-6H2/i2D2,3D2,5D2,6D2. The molecule has 1 saturated heterocycles. The fourth-order valence-corrected chi connectivity index (χ4v) is 0.421. The Morgan fingerprint density at radius 3 is 2.78 bits per heavy atom. The van der Waals surface area contributed by atoms with Gasteiger partial charge in [0.15, 0.2) is 0 Å². The molecule has 0 spiro atoms. The largest absolute Gasteiger partial charge is 0.395 e. The van der Waals surface area contributed by atoms with Gasteiger partial charge in [-0.25, -0.2) is 0 Å². The molecule has 0 aliphatic carbocycles. The molecule has 0 atom stereocenters. The predicted molar refractivity (Wildman–Crippen MR) is 34.3 cm³/mol. The Labute approximate surface area is 66.5 Å². The maximum Gasteiger partial charge on any atom is 0.0594 e. The summed E-state index contributed by atoms with van der Waals surface area (Å²) in [5, 5.41) is 8.76. The van der Waals surface area contributed by atoms with Gasteiger partial charge in [-0.3, -0.25) is 4.90 Å². The molecule has 0 aromatic heterocycles. The number of ether oxygens (including phenoxy) is 1. The molecule has 0 radical (unpaired) electrons. The van der Waals surface area contributed by atoms with Crippen molar-refractivity contribution < 1.29 is 20.8 Å². The topological polar surface area (TPSA) is 32.7 Å². The molecule has 0 aromatic carbocycles. The van der Waals surface area contributed by atoms with E-state index < -0.39 is 39.3 Å². The van der Waals surface area contributed by atoms with E-state index in [1.54, 1.807) is 0 Å². The van der Waals surface area contributed by atoms with Crippen LogP contribution >= 0.6 is 0 Å². The normalized spacial score (nSPS) is 57.9. The number of aliphatic hydroxyl groups excluding tert-OH is 1. The molecule has 3 heteroatoms. The van der Waals surface area contributed by atoms with Crippen LogP contribution in [0, 0.1) is 0 Å². The highest BCUT2D eigenvalue weighted by atomic mass is 16.5. The van der Waals surface area contributed by atoms with E-state index in [1.165, 1.54) is 0 Å². The van der Waals surface area contributed by atoms with Gasteiger partial charge in [-0.15, -0.1) is 0 Å². The van der Waals surface area contributed by atoms with Gasteiger partial charge in [0, 0.05) is 25.0 Å². The summed E-state index contributed by atoms with van der Waals surface area (Å²) in [5.74, 6) is 0. The Morgan fingerprint density at radius 1 is 1.56 bits per heavy atom. The second-order valence-electron chi connectivity index (χ2n) is 1.41. The number of hydrogen-bond donors (Lipinski definition) is 1. The zero-order valence-electron chi connectivity index (χ0n) is 12.7. The molecule has 0 amide bonds. The van der Waals surface area contributed by atoms with Gasteiger partial charge in [-0.05, 0) is 0 Å². The minimum absolute atomic E-state index is 0.295. The van der Waals surface area contributed by atoms with Crippen LogP contribution in [0.25, 0.3) is 0 Å². The van der Waals surface area contributed by atoms with E-state index in [2.05, 4.69) is 4.74 Å². The first-order valence-electron chi connectivity index (χ1n) is 6.49. The molecule has 0 saturated carbocycles. The van der Waals surface area contributed by atoms with Crippen molar-refractivity contribution >= 4 is 0 Å². The lowest BCUT2D eigenvalue weighted by atomic mass is 10.4. The van der Waals surface area contributed by atoms with Crippen molar-refractivity contribution in [2.75, 3.05) is 39.3 Å². The maximum atomic E-state index is 8.76. The van der Waals surface area contributed by atoms with E-state index in [9.17, 15) is 0 Å². The fourth-order valence-electron chi connectivity index (χ4n) is 0.421. The van der Waals surface area contributed by atoms with E-state index >= 15 is 0 Å². The summed E-state index contributed by atoms with van der Waals surface area (Å²) in [7, 11) is 0. The Hall–Kier alpha value is -0.120. The summed E-state index contributed by atoms with van der Waals surface area (Å²) in [6.07, 6.45) is 0. The summed E-state index contributed by atoms with van der Waals surface area (Å²) in [6, 6.07) is 0. The van der Waals surface area contributed by atoms with Crippen LogP contribution in [0.4, 0.5) is 0 Å². The highest BCUT2D eigenvalue weighted by Gasteiger charge is 2.07. The molecule has 9 heavy (non-hydrogen) atoms. The van der Waals surface area contributed by atoms with Gasteiger partial charge >= 0.3 is 0 Å². The Morgan fingerprint density at radius 2 is 2.22 bits per heavy atom. The van der Waals surface area contributed by atoms with Crippen molar-refractivity contribution in [1.82, 2.24) is 4.90 Å². The zero-order valence-corrected chi connectivity index (χ0v) is 4.72. The maximum absolute atomic E-state index is 8.76. The lowest BCUT2D eigenvalue weighted by Crippen LogP contribution is -2.37. The van der Waals surface area contributed by atoms with E-state index in [0.29, 0.717) is 4.90 Å². The smallest absolute Gasteiger partial charge is 0.0594 e. The SMILES string of the molecule is [2H]C1([2H])OC([2H])([2H])C([2H])([2H])N(CCO)C1([2H])[2H]. The number of hydrogen-bond acceptors (Lipinski definition) is 3. The van der Waals surface area contributed by atoms with E-state index in [-0.39, 0.29) is 0 Å². The van der Waals surface area contributed by atoms with Gasteiger partial charge < -0.3 is 9.84 Å². The first-order valence-corrected chi connectivity index (χ1v) is 2.49. The quantitative estimate of drug-likeness (QED) is 0.550. The van der Waals surface area contributed by atoms with Gasteiger partial charge in [0.2, 0.25) is 0 Å². The van der Waals surface area contributed by atoms with E-state index in [4.69, 9.17) is 16.1 Å². The molecule has 1 fully saturated rings. The highest BCUT2D eigenvalue weighted by molar-refractivity contribution is 4.59. The third kappa shape index (κ3) is 2.30. The third-order valence-corrected chi connectivity index (χ3v) is 0.787. The van der Waals surface area contributed by atoms with Gasteiger partial charge in [-0.1, -0.05) is 0 Å². The number of rotatable bonds is 2. The van der Waals surface area contributed by atoms with Crippen molar-refractivity contribution in [3.05, 3.63) is 0 Å². The Kier molecular flexibility index (Phi) is 0.822. The van der Waals surface area contributed by atoms with Crippen LogP contribution in [-0.2, 0) is 4.74 Å². The molecule has 1 N–H and O–H groups in total. The van der Waals surface area contributed by atoms with Crippen molar-refractivity contribution in [2.45, 2.75) is 0 Å². The van der Waals surface area contributed by atoms with E-state index in [0.717, 1.165) is 0 Å². The Bertz CT molecular complexity index is 280. The number of aliphatic hydroxyl groups is 1. The third-order valence-electron chi connectivity index (χ3n) is 0.787. The minimum atomic E-state index is -3.03. The van der Waals surface area contributed by atoms with Crippen molar-refractivity contribution in [3.8, 4) is 0 Å². The molecule has 0 unspecified atom stereocenters. The summed E-state index contributed by atoms with van der Waals surface area (Å²) < 4.78 is 63.5. The molecular formula is C6H13NO2. The molecule has 0 bridgehead atoms. The first kappa shape index (κ1) is 1.94. The summed E-state index contributed by atoms with van der Waals surface area (Å²) >= 11 is 0. The monoisotopic (exact) mass is 139 g/mol. The molecular weight excluding hydrogens is 118 g/mol. The summed E-state index contributed by atoms with van der Waals surface area (Å²) in [6.45, 7) is -13.0. The summed E-state index contributed by atoms with van der Waals surface area (Å²) in [4.78, 5) is 0.295. The highest BCUT2D eigenvalue weighted by Crippen LogP contribution is 1.93. The zero-order chi connectivity index (χ0) is 13.7. The van der Waals surface area contributed by atoms with Crippen LogP contribution in [0.3, 0.4) is 0 Å². The Balaban J connectivity index is 3.27. The summed E-state index contributed by atoms with van der Waals surface area (Å²) in [5.41, 5.74) is 0. The second-order valence-corrected chi connectivity index (χ2v) is 1.41. The molecule has 1 rings (SSSR count). The lowest BCUT2D eigenvalue weighted by molar-refractivity contribution is 0.0306. The average Bonchev–Trinajstić information content (AvgIpc) is 2.09. The van der Waals surface area contributed by atoms with Crippen LogP contribution in [0.1, 0.15) is 11.0 Å². The number of morpholine rings is 1. The van der Waals surface area contributed by atoms with Crippen LogP contribution < -0.4 is 0 Å². The van der Waals surface area contributed by atoms with Crippen LogP contribution in [0.5, 0.6) is 0 Å². The van der Waals surface area contributed by atoms with Crippen LogP contribution in [0.15, 0.2) is 0 Å². The molecule has 1 aliphatic heterocycles. The number of β-amino-alcohol motifs (C(OH)–C–C–N with tert-alkyl or cyclic N) is 1. The predicted octanol–water partition coefficient (Wildman–Crippen LogP) is -0.689. The van der Waals surface area contributed by atoms with E-state index in [1.807, 2.05) is 0 Å². The number of nitrogens with zero attached hydrogens (tertiary/aromatic N) is 1. The van der Waals surface area contributed by atoms with Gasteiger partial charge in [0.25, 0.3) is 0 Å². The second kappa shape index (κ2) is 3.82. The molecule has 0 aromatic rings. The molecule has 54 valence electrons. The van der Waals surface area contributed by atoms with Gasteiger partial charge in [0.1, 0.15) is 0 Å². The van der Waals surface area contributed by atoms with Gasteiger partial charge in [0.05, 0.1) is 25.2 Å².